The van der Waals surface area contributed by atoms with E-state index in [4.69, 9.17) is 0 Å². The summed E-state index contributed by atoms with van der Waals surface area (Å²) in [5.74, 6) is -0.119. The fraction of sp³-hybridized carbons (Fsp3) is 0.562. The van der Waals surface area contributed by atoms with Gasteiger partial charge in [0.1, 0.15) is 0 Å². The van der Waals surface area contributed by atoms with Crippen LogP contribution in [0, 0.1) is 0 Å². The Labute approximate surface area is 153 Å². The molecule has 2 atom stereocenters. The quantitative estimate of drug-likeness (QED) is 0.635. The van der Waals surface area contributed by atoms with Crippen LogP contribution >= 0.6 is 0 Å². The average Bonchev–Trinajstić information content (AvgIpc) is 3.09. The Morgan fingerprint density at radius 3 is 2.23 bits per heavy atom. The second kappa shape index (κ2) is 7.63. The topological polar surface area (TPSA) is 113 Å². The Bertz CT molecular complexity index is 855. The minimum absolute atomic E-state index is 0.00325. The zero-order chi connectivity index (χ0) is 18.8. The van der Waals surface area contributed by atoms with Crippen molar-refractivity contribution in [3.63, 3.8) is 0 Å². The van der Waals surface area contributed by atoms with Gasteiger partial charge in [-0.15, -0.1) is 0 Å². The first-order chi connectivity index (χ1) is 12.2. The third kappa shape index (κ3) is 5.26. The molecular formula is C16H23N3O5S2. The van der Waals surface area contributed by atoms with Crippen LogP contribution in [0.25, 0.3) is 0 Å². The highest BCUT2D eigenvalue weighted by atomic mass is 32.2. The molecule has 10 heteroatoms. The molecule has 1 aromatic rings. The maximum absolute atomic E-state index is 12.4. The molecule has 0 bridgehead atoms. The first-order valence-electron chi connectivity index (χ1n) is 8.51. The van der Waals surface area contributed by atoms with Crippen molar-refractivity contribution in [2.75, 3.05) is 34.9 Å². The van der Waals surface area contributed by atoms with E-state index in [-0.39, 0.29) is 47.5 Å². The number of carbonyl (C=O) groups is 1. The van der Waals surface area contributed by atoms with Crippen LogP contribution in [0.5, 0.6) is 0 Å². The van der Waals surface area contributed by atoms with Gasteiger partial charge in [0, 0.05) is 17.8 Å². The van der Waals surface area contributed by atoms with Crippen molar-refractivity contribution in [2.24, 2.45) is 0 Å². The number of nitrogens with one attached hydrogen (secondary N) is 2. The highest BCUT2D eigenvalue weighted by molar-refractivity contribution is 7.91. The number of hydrazine groups is 1. The number of amides is 1. The van der Waals surface area contributed by atoms with Crippen molar-refractivity contribution in [1.29, 1.82) is 0 Å². The van der Waals surface area contributed by atoms with Crippen LogP contribution in [0.15, 0.2) is 30.3 Å². The lowest BCUT2D eigenvalue weighted by molar-refractivity contribution is -0.118. The van der Waals surface area contributed by atoms with Gasteiger partial charge in [-0.05, 0) is 25.0 Å². The summed E-state index contributed by atoms with van der Waals surface area (Å²) in [5.41, 5.74) is 3.75. The van der Waals surface area contributed by atoms with Crippen LogP contribution < -0.4 is 10.7 Å². The molecule has 0 aromatic heterocycles. The normalized spacial score (nSPS) is 26.8. The van der Waals surface area contributed by atoms with Crippen molar-refractivity contribution in [2.45, 2.75) is 24.9 Å². The maximum atomic E-state index is 12.4. The fourth-order valence-electron chi connectivity index (χ4n) is 3.31. The van der Waals surface area contributed by atoms with E-state index in [0.29, 0.717) is 18.5 Å². The van der Waals surface area contributed by atoms with E-state index >= 15 is 0 Å². The molecule has 0 radical (unpaired) electrons. The van der Waals surface area contributed by atoms with E-state index in [9.17, 15) is 21.6 Å². The molecule has 0 spiro atoms. The molecular weight excluding hydrogens is 378 g/mol. The number of nitrogens with zero attached hydrogens (tertiary/aromatic N) is 1. The van der Waals surface area contributed by atoms with Crippen molar-refractivity contribution in [1.82, 2.24) is 10.4 Å². The highest BCUT2D eigenvalue weighted by Crippen LogP contribution is 2.19. The van der Waals surface area contributed by atoms with E-state index < -0.39 is 19.7 Å². The average molecular weight is 402 g/mol. The maximum Gasteiger partial charge on any atom is 0.240 e. The molecule has 1 aromatic carbocycles. The van der Waals surface area contributed by atoms with Gasteiger partial charge in [0.2, 0.25) is 5.91 Å². The molecule has 2 unspecified atom stereocenters. The standard InChI is InChI=1S/C16H23N3O5S2/c20-16(17-13-4-2-1-3-5-13)10-19(15-7-9-26(23,24)12-15)18-14-6-8-25(21,22)11-14/h1-5,14-15,18H,6-12H2,(H,17,20). The zero-order valence-corrected chi connectivity index (χ0v) is 15.9. The summed E-state index contributed by atoms with van der Waals surface area (Å²) in [6.45, 7) is -0.0500. The van der Waals surface area contributed by atoms with Gasteiger partial charge in [-0.3, -0.25) is 10.2 Å². The molecule has 2 heterocycles. The summed E-state index contributed by atoms with van der Waals surface area (Å²) in [5, 5.41) is 4.37. The second-order valence-electron chi connectivity index (χ2n) is 6.83. The van der Waals surface area contributed by atoms with Gasteiger partial charge < -0.3 is 5.32 Å². The van der Waals surface area contributed by atoms with Crippen molar-refractivity contribution in [3.8, 4) is 0 Å². The summed E-state index contributed by atoms with van der Waals surface area (Å²) in [7, 11) is -6.20. The van der Waals surface area contributed by atoms with Gasteiger partial charge in [-0.1, -0.05) is 18.2 Å². The van der Waals surface area contributed by atoms with E-state index in [2.05, 4.69) is 10.7 Å². The Hall–Kier alpha value is -1.49. The first-order valence-corrected chi connectivity index (χ1v) is 12.2. The minimum Gasteiger partial charge on any atom is -0.325 e. The third-order valence-electron chi connectivity index (χ3n) is 4.60. The summed E-state index contributed by atoms with van der Waals surface area (Å²) in [6.07, 6.45) is 0.881. The highest BCUT2D eigenvalue weighted by Gasteiger charge is 2.36. The monoisotopic (exact) mass is 401 g/mol. The number of para-hydroxylation sites is 1. The van der Waals surface area contributed by atoms with Crippen LogP contribution in [0.1, 0.15) is 12.8 Å². The molecule has 2 saturated heterocycles. The van der Waals surface area contributed by atoms with Gasteiger partial charge in [-0.2, -0.15) is 0 Å². The molecule has 2 N–H and O–H groups in total. The van der Waals surface area contributed by atoms with Crippen LogP contribution in [0.4, 0.5) is 5.69 Å². The molecule has 8 nitrogen and oxygen atoms in total. The minimum atomic E-state index is -3.12. The van der Waals surface area contributed by atoms with Crippen molar-refractivity contribution < 1.29 is 21.6 Å². The van der Waals surface area contributed by atoms with Crippen LogP contribution in [0.2, 0.25) is 0 Å². The molecule has 144 valence electrons. The number of benzene rings is 1. The molecule has 1 amide bonds. The Kier molecular flexibility index (Phi) is 5.66. The van der Waals surface area contributed by atoms with E-state index in [1.807, 2.05) is 6.07 Å². The SMILES string of the molecule is O=C(CN(NC1CCS(=O)(=O)C1)C1CCS(=O)(=O)C1)Nc1ccccc1. The lowest BCUT2D eigenvalue weighted by Crippen LogP contribution is -2.54. The number of rotatable bonds is 6. The Morgan fingerprint density at radius 2 is 1.65 bits per heavy atom. The summed E-state index contributed by atoms with van der Waals surface area (Å²) in [6, 6.07) is 8.33. The molecule has 0 saturated carbocycles. The van der Waals surface area contributed by atoms with Gasteiger partial charge >= 0.3 is 0 Å². The number of hydrogen-bond acceptors (Lipinski definition) is 7. The number of carbonyl (C=O) groups excluding carboxylic acids is 1. The van der Waals surface area contributed by atoms with Gasteiger partial charge in [0.25, 0.3) is 0 Å². The lowest BCUT2D eigenvalue weighted by Gasteiger charge is -2.30. The first kappa shape index (κ1) is 19.3. The molecule has 0 aliphatic carbocycles. The van der Waals surface area contributed by atoms with E-state index in [1.54, 1.807) is 29.3 Å². The third-order valence-corrected chi connectivity index (χ3v) is 8.12. The van der Waals surface area contributed by atoms with Crippen LogP contribution in [0.3, 0.4) is 0 Å². The molecule has 2 aliphatic rings. The Balaban J connectivity index is 1.67. The number of anilines is 1. The van der Waals surface area contributed by atoms with Gasteiger partial charge in [-0.25, -0.2) is 21.8 Å². The largest absolute Gasteiger partial charge is 0.325 e. The lowest BCUT2D eigenvalue weighted by atomic mass is 10.2. The predicted molar refractivity (Wildman–Crippen MR) is 99.0 cm³/mol. The number of hydrogen-bond donors (Lipinski definition) is 2. The predicted octanol–water partition coefficient (Wildman–Crippen LogP) is -0.194. The summed E-state index contributed by atoms with van der Waals surface area (Å²) >= 11 is 0. The zero-order valence-electron chi connectivity index (χ0n) is 14.3. The van der Waals surface area contributed by atoms with Crippen LogP contribution in [-0.4, -0.2) is 69.4 Å². The fourth-order valence-corrected chi connectivity index (χ4v) is 6.70. The molecule has 3 rings (SSSR count). The van der Waals surface area contributed by atoms with E-state index in [1.165, 1.54) is 0 Å². The van der Waals surface area contributed by atoms with Crippen LogP contribution in [-0.2, 0) is 24.5 Å². The van der Waals surface area contributed by atoms with E-state index in [0.717, 1.165) is 0 Å². The second-order valence-corrected chi connectivity index (χ2v) is 11.3. The van der Waals surface area contributed by atoms with Crippen molar-refractivity contribution in [3.05, 3.63) is 30.3 Å². The smallest absolute Gasteiger partial charge is 0.240 e. The Morgan fingerprint density at radius 1 is 1.00 bits per heavy atom. The molecule has 2 aliphatic heterocycles. The summed E-state index contributed by atoms with van der Waals surface area (Å²) < 4.78 is 47.0. The number of sulfone groups is 2. The molecule has 2 fully saturated rings. The van der Waals surface area contributed by atoms with Gasteiger partial charge in [0.15, 0.2) is 19.7 Å². The summed E-state index contributed by atoms with van der Waals surface area (Å²) in [4.78, 5) is 12.4. The van der Waals surface area contributed by atoms with Gasteiger partial charge in [0.05, 0.1) is 29.6 Å². The molecule has 26 heavy (non-hydrogen) atoms. The van der Waals surface area contributed by atoms with Crippen molar-refractivity contribution >= 4 is 31.3 Å².